The molecule has 1 saturated carbocycles. The number of ether oxygens (including phenoxy) is 1. The zero-order valence-electron chi connectivity index (χ0n) is 13.2. The van der Waals surface area contributed by atoms with E-state index in [-0.39, 0.29) is 6.04 Å². The maximum Gasteiger partial charge on any atom is 0.410 e. The van der Waals surface area contributed by atoms with Gasteiger partial charge in [-0.25, -0.2) is 4.79 Å². The molecule has 0 spiro atoms. The molecule has 0 heterocycles. The number of carbonyl (C=O) groups is 1. The summed E-state index contributed by atoms with van der Waals surface area (Å²) < 4.78 is 6.90. The molecule has 1 aromatic carbocycles. The molecule has 122 valence electrons. The van der Waals surface area contributed by atoms with Gasteiger partial charge in [0.2, 0.25) is 0 Å². The number of hydrogen-bond donors (Lipinski definition) is 1. The van der Waals surface area contributed by atoms with Crippen molar-refractivity contribution >= 4 is 28.7 Å². The molecule has 0 saturated heterocycles. The van der Waals surface area contributed by atoms with Gasteiger partial charge in [0, 0.05) is 22.3 Å². The first-order chi connectivity index (χ1) is 10.6. The first-order valence-electron chi connectivity index (χ1n) is 7.89. The molecule has 0 aliphatic heterocycles. The van der Waals surface area contributed by atoms with Crippen molar-refractivity contribution in [1.82, 2.24) is 4.90 Å². The van der Waals surface area contributed by atoms with Gasteiger partial charge in [-0.15, -0.1) is 0 Å². The predicted octanol–water partition coefficient (Wildman–Crippen LogP) is 4.81. The van der Waals surface area contributed by atoms with E-state index in [9.17, 15) is 9.90 Å². The number of rotatable bonds is 5. The molecule has 1 aromatic rings. The van der Waals surface area contributed by atoms with Crippen molar-refractivity contribution in [2.75, 3.05) is 7.11 Å². The quantitative estimate of drug-likeness (QED) is 0.553. The molecule has 0 radical (unpaired) electrons. The molecule has 2 rings (SSSR count). The summed E-state index contributed by atoms with van der Waals surface area (Å²) >= 11 is 2.26. The fraction of sp³-hybridized carbons (Fsp3) is 0.588. The summed E-state index contributed by atoms with van der Waals surface area (Å²) in [6.45, 7) is 1.99. The Bertz CT molecular complexity index is 510. The monoisotopic (exact) mass is 417 g/mol. The van der Waals surface area contributed by atoms with Crippen LogP contribution in [0.25, 0.3) is 0 Å². The van der Waals surface area contributed by atoms with Crippen LogP contribution in [0, 0.1) is 3.57 Å². The molecule has 4 nitrogen and oxygen atoms in total. The third-order valence-corrected chi connectivity index (χ3v) is 5.59. The highest BCUT2D eigenvalue weighted by Crippen LogP contribution is 2.40. The summed E-state index contributed by atoms with van der Waals surface area (Å²) in [6, 6.07) is 7.92. The summed E-state index contributed by atoms with van der Waals surface area (Å²) in [5.41, 5.74) is 0.0274. The molecular formula is C17H24INO3. The Balaban J connectivity index is 2.50. The fourth-order valence-electron chi connectivity index (χ4n) is 3.57. The van der Waals surface area contributed by atoms with Crippen molar-refractivity contribution in [3.05, 3.63) is 33.4 Å². The van der Waals surface area contributed by atoms with Crippen LogP contribution in [0.3, 0.4) is 0 Å². The van der Waals surface area contributed by atoms with Gasteiger partial charge >= 0.3 is 6.09 Å². The minimum Gasteiger partial charge on any atom is -0.465 e. The van der Waals surface area contributed by atoms with Gasteiger partial charge in [-0.3, -0.25) is 4.90 Å². The minimum atomic E-state index is -0.911. The molecule has 1 aliphatic carbocycles. The zero-order chi connectivity index (χ0) is 16.2. The SMILES string of the molecule is CC[C@](OC)(c1ccccc1I)N(C(=O)O)C1CCCCC1. The van der Waals surface area contributed by atoms with Crippen LogP contribution >= 0.6 is 22.6 Å². The average molecular weight is 417 g/mol. The van der Waals surface area contributed by atoms with Crippen LogP contribution in [0.5, 0.6) is 0 Å². The third-order valence-electron chi connectivity index (χ3n) is 4.65. The Morgan fingerprint density at radius 2 is 2.00 bits per heavy atom. The van der Waals surface area contributed by atoms with Crippen LogP contribution in [0.4, 0.5) is 4.79 Å². The van der Waals surface area contributed by atoms with E-state index in [2.05, 4.69) is 22.6 Å². The zero-order valence-corrected chi connectivity index (χ0v) is 15.4. The molecule has 5 heteroatoms. The Morgan fingerprint density at radius 1 is 1.36 bits per heavy atom. The number of carboxylic acid groups (broad SMARTS) is 1. The average Bonchev–Trinajstić information content (AvgIpc) is 2.54. The summed E-state index contributed by atoms with van der Waals surface area (Å²) in [6.07, 6.45) is 4.90. The van der Waals surface area contributed by atoms with Gasteiger partial charge in [0.25, 0.3) is 0 Å². The van der Waals surface area contributed by atoms with E-state index in [1.54, 1.807) is 12.0 Å². The molecular weight excluding hydrogens is 393 g/mol. The molecule has 1 amide bonds. The highest BCUT2D eigenvalue weighted by molar-refractivity contribution is 14.1. The first kappa shape index (κ1) is 17.5. The second-order valence-electron chi connectivity index (χ2n) is 5.77. The first-order valence-corrected chi connectivity index (χ1v) is 8.97. The van der Waals surface area contributed by atoms with E-state index >= 15 is 0 Å². The molecule has 1 N–H and O–H groups in total. The van der Waals surface area contributed by atoms with E-state index in [1.165, 1.54) is 6.42 Å². The maximum absolute atomic E-state index is 12.1. The van der Waals surface area contributed by atoms with E-state index < -0.39 is 11.8 Å². The normalized spacial score (nSPS) is 18.7. The fourth-order valence-corrected chi connectivity index (χ4v) is 4.37. The van der Waals surface area contributed by atoms with Crippen molar-refractivity contribution in [3.8, 4) is 0 Å². The highest BCUT2D eigenvalue weighted by Gasteiger charge is 2.45. The van der Waals surface area contributed by atoms with Crippen molar-refractivity contribution in [3.63, 3.8) is 0 Å². The largest absolute Gasteiger partial charge is 0.465 e. The number of halogens is 1. The summed E-state index contributed by atoms with van der Waals surface area (Å²) in [5, 5.41) is 9.92. The lowest BCUT2D eigenvalue weighted by Crippen LogP contribution is -2.55. The van der Waals surface area contributed by atoms with Gasteiger partial charge in [0.15, 0.2) is 5.72 Å². The van der Waals surface area contributed by atoms with Gasteiger partial charge in [-0.2, -0.15) is 0 Å². The maximum atomic E-state index is 12.1. The summed E-state index contributed by atoms with van der Waals surface area (Å²) in [7, 11) is 1.62. The molecule has 0 bridgehead atoms. The van der Waals surface area contributed by atoms with Crippen molar-refractivity contribution in [2.45, 2.75) is 57.2 Å². The van der Waals surface area contributed by atoms with E-state index in [1.807, 2.05) is 31.2 Å². The van der Waals surface area contributed by atoms with Crippen molar-refractivity contribution in [1.29, 1.82) is 0 Å². The van der Waals surface area contributed by atoms with Gasteiger partial charge in [-0.1, -0.05) is 44.4 Å². The third kappa shape index (κ3) is 3.25. The molecule has 0 aromatic heterocycles. The van der Waals surface area contributed by atoms with Gasteiger partial charge in [0.05, 0.1) is 0 Å². The van der Waals surface area contributed by atoms with E-state index in [0.717, 1.165) is 34.8 Å². The van der Waals surface area contributed by atoms with E-state index in [4.69, 9.17) is 4.74 Å². The van der Waals surface area contributed by atoms with Crippen LogP contribution in [0.2, 0.25) is 0 Å². The molecule has 1 aliphatic rings. The summed E-state index contributed by atoms with van der Waals surface area (Å²) in [5.74, 6) is 0. The smallest absolute Gasteiger partial charge is 0.410 e. The van der Waals surface area contributed by atoms with Gasteiger partial charge in [0.1, 0.15) is 0 Å². The number of methoxy groups -OCH3 is 1. The van der Waals surface area contributed by atoms with Gasteiger partial charge < -0.3 is 9.84 Å². The van der Waals surface area contributed by atoms with Crippen LogP contribution in [0.1, 0.15) is 51.0 Å². The second-order valence-corrected chi connectivity index (χ2v) is 6.93. The minimum absolute atomic E-state index is 0.0298. The lowest BCUT2D eigenvalue weighted by molar-refractivity contribution is -0.150. The number of hydrogen-bond acceptors (Lipinski definition) is 2. The number of amides is 1. The molecule has 22 heavy (non-hydrogen) atoms. The molecule has 1 atom stereocenters. The lowest BCUT2D eigenvalue weighted by atomic mass is 9.89. The lowest BCUT2D eigenvalue weighted by Gasteiger charge is -2.46. The Hall–Kier alpha value is -0.820. The Labute approximate surface area is 146 Å². The molecule has 1 fully saturated rings. The number of nitrogens with zero attached hydrogens (tertiary/aromatic N) is 1. The van der Waals surface area contributed by atoms with Gasteiger partial charge in [-0.05, 0) is 47.9 Å². The molecule has 0 unspecified atom stereocenters. The highest BCUT2D eigenvalue weighted by atomic mass is 127. The standard InChI is InChI=1S/C17H24INO3/c1-3-17(22-2,14-11-7-8-12-15(14)18)19(16(20)21)13-9-5-4-6-10-13/h7-8,11-13H,3-6,9-10H2,1-2H3,(H,20,21)/t17-/m0/s1. The second kappa shape index (κ2) is 7.64. The Morgan fingerprint density at radius 3 is 2.50 bits per heavy atom. The Kier molecular flexibility index (Phi) is 6.09. The van der Waals surface area contributed by atoms with E-state index in [0.29, 0.717) is 6.42 Å². The van der Waals surface area contributed by atoms with Crippen molar-refractivity contribution < 1.29 is 14.6 Å². The summed E-state index contributed by atoms with van der Waals surface area (Å²) in [4.78, 5) is 13.7. The van der Waals surface area contributed by atoms with Crippen LogP contribution in [-0.4, -0.2) is 29.3 Å². The van der Waals surface area contributed by atoms with Crippen LogP contribution < -0.4 is 0 Å². The predicted molar refractivity (Wildman–Crippen MR) is 94.9 cm³/mol. The number of benzene rings is 1. The topological polar surface area (TPSA) is 49.8 Å². The van der Waals surface area contributed by atoms with Crippen LogP contribution in [-0.2, 0) is 10.5 Å². The van der Waals surface area contributed by atoms with Crippen LogP contribution in [0.15, 0.2) is 24.3 Å². The van der Waals surface area contributed by atoms with Crippen molar-refractivity contribution in [2.24, 2.45) is 0 Å².